The topological polar surface area (TPSA) is 11.3 Å². The molecule has 1 aromatic heterocycles. The Bertz CT molecular complexity index is 266. The van der Waals surface area contributed by atoms with Gasteiger partial charge in [0.1, 0.15) is 0 Å². The van der Waals surface area contributed by atoms with Crippen LogP contribution in [0.25, 0.3) is 0 Å². The van der Waals surface area contributed by atoms with Crippen LogP contribution < -0.4 is 24.0 Å². The first-order chi connectivity index (χ1) is 5.72. The minimum Gasteiger partial charge on any atom is -1.00 e. The Morgan fingerprint density at radius 3 is 2.38 bits per heavy atom. The molecular formula is C10H13IOS. The molecule has 0 spiro atoms. The fourth-order valence-corrected chi connectivity index (χ4v) is 1.80. The number of hydrogen-bond donors (Lipinski definition) is 0. The van der Waals surface area contributed by atoms with E-state index in [1.165, 1.54) is 4.90 Å². The van der Waals surface area contributed by atoms with Gasteiger partial charge in [-0.2, -0.15) is 0 Å². The summed E-state index contributed by atoms with van der Waals surface area (Å²) in [5, 5.41) is 0. The molecule has 1 heterocycles. The van der Waals surface area contributed by atoms with Crippen LogP contribution in [0.2, 0.25) is 0 Å². The van der Waals surface area contributed by atoms with Gasteiger partial charge < -0.3 is 24.0 Å². The molecule has 0 amide bonds. The first-order valence-electron chi connectivity index (χ1n) is 3.87. The Morgan fingerprint density at radius 1 is 1.38 bits per heavy atom. The van der Waals surface area contributed by atoms with Gasteiger partial charge in [-0.3, -0.25) is 0 Å². The molecule has 0 bridgehead atoms. The fourth-order valence-electron chi connectivity index (χ4n) is 0.994. The van der Waals surface area contributed by atoms with Crippen molar-refractivity contribution in [2.75, 3.05) is 5.75 Å². The molecule has 13 heavy (non-hydrogen) atoms. The molecule has 0 fully saturated rings. The van der Waals surface area contributed by atoms with Crippen LogP contribution in [-0.4, -0.2) is 5.75 Å². The van der Waals surface area contributed by atoms with Gasteiger partial charge in [0, 0.05) is 10.6 Å². The van der Waals surface area contributed by atoms with Crippen LogP contribution in [0, 0.1) is 13.8 Å². The fraction of sp³-hybridized carbons (Fsp3) is 0.300. The summed E-state index contributed by atoms with van der Waals surface area (Å²) in [4.78, 5) is 1.25. The quantitative estimate of drug-likeness (QED) is 0.348. The van der Waals surface area contributed by atoms with Crippen LogP contribution >= 0.6 is 11.8 Å². The molecule has 0 atom stereocenters. The zero-order chi connectivity index (χ0) is 8.97. The molecule has 1 nitrogen and oxygen atoms in total. The van der Waals surface area contributed by atoms with E-state index in [0.717, 1.165) is 17.3 Å². The van der Waals surface area contributed by atoms with E-state index in [0.29, 0.717) is 0 Å². The second-order valence-corrected chi connectivity index (χ2v) is 3.71. The molecule has 0 saturated heterocycles. The smallest absolute Gasteiger partial charge is 0.327 e. The number of aryl methyl sites for hydroxylation is 2. The predicted molar refractivity (Wildman–Crippen MR) is 53.5 cm³/mol. The third-order valence-corrected chi connectivity index (χ3v) is 2.35. The van der Waals surface area contributed by atoms with E-state index in [1.54, 1.807) is 11.8 Å². The lowest BCUT2D eigenvalue weighted by Crippen LogP contribution is -3.00. The Kier molecular flexibility index (Phi) is 6.41. The van der Waals surface area contributed by atoms with Gasteiger partial charge in [0.25, 0.3) is 0 Å². The van der Waals surface area contributed by atoms with Gasteiger partial charge in [-0.25, -0.2) is 4.42 Å². The normalized spacial score (nSPS) is 9.08. The van der Waals surface area contributed by atoms with Crippen LogP contribution in [0.3, 0.4) is 0 Å². The second kappa shape index (κ2) is 6.43. The maximum absolute atomic E-state index is 5.36. The molecule has 0 radical (unpaired) electrons. The third kappa shape index (κ3) is 4.67. The highest BCUT2D eigenvalue weighted by Crippen LogP contribution is 2.20. The van der Waals surface area contributed by atoms with Crippen LogP contribution in [-0.2, 0) is 0 Å². The lowest BCUT2D eigenvalue weighted by atomic mass is 10.4. The summed E-state index contributed by atoms with van der Waals surface area (Å²) >= 11 is 1.77. The van der Waals surface area contributed by atoms with Crippen molar-refractivity contribution in [1.82, 2.24) is 0 Å². The summed E-state index contributed by atoms with van der Waals surface area (Å²) in [6, 6.07) is 4.09. The van der Waals surface area contributed by atoms with Crippen molar-refractivity contribution in [2.24, 2.45) is 0 Å². The highest BCUT2D eigenvalue weighted by Gasteiger charge is 2.06. The Hall–Kier alpha value is -0.0300. The molecule has 0 N–H and O–H groups in total. The molecule has 1 rings (SSSR count). The first kappa shape index (κ1) is 13.0. The molecular weight excluding hydrogens is 295 g/mol. The van der Waals surface area contributed by atoms with Crippen molar-refractivity contribution in [2.45, 2.75) is 18.7 Å². The monoisotopic (exact) mass is 308 g/mol. The lowest BCUT2D eigenvalue weighted by molar-refractivity contribution is -0.00000335. The zero-order valence-corrected chi connectivity index (χ0v) is 10.8. The minimum atomic E-state index is 0. The first-order valence-corrected chi connectivity index (χ1v) is 4.86. The molecule has 0 unspecified atom stereocenters. The minimum absolute atomic E-state index is 0. The van der Waals surface area contributed by atoms with E-state index in [4.69, 9.17) is 4.42 Å². The zero-order valence-electron chi connectivity index (χ0n) is 7.84. The van der Waals surface area contributed by atoms with E-state index in [2.05, 4.69) is 6.58 Å². The van der Waals surface area contributed by atoms with E-state index in [-0.39, 0.29) is 24.0 Å². The largest absolute Gasteiger partial charge is 1.00 e. The van der Waals surface area contributed by atoms with E-state index in [9.17, 15) is 0 Å². The summed E-state index contributed by atoms with van der Waals surface area (Å²) in [7, 11) is 0. The van der Waals surface area contributed by atoms with Gasteiger partial charge >= 0.3 is 11.5 Å². The van der Waals surface area contributed by atoms with Gasteiger partial charge in [0.05, 0.1) is 26.0 Å². The Labute approximate surface area is 101 Å². The van der Waals surface area contributed by atoms with E-state index >= 15 is 0 Å². The van der Waals surface area contributed by atoms with Gasteiger partial charge in [-0.05, 0) is 0 Å². The summed E-state index contributed by atoms with van der Waals surface area (Å²) in [6.45, 7) is 7.60. The summed E-state index contributed by atoms with van der Waals surface area (Å²) < 4.78 is 5.36. The number of rotatable bonds is 3. The average molecular weight is 308 g/mol. The summed E-state index contributed by atoms with van der Waals surface area (Å²) in [5.41, 5.74) is 0. The molecule has 3 heteroatoms. The molecule has 0 aromatic carbocycles. The SMILES string of the molecule is C=CCSc1cc(C)[o+]c(C)c1.[I-]. The summed E-state index contributed by atoms with van der Waals surface area (Å²) in [6.07, 6.45) is 1.90. The molecule has 0 aliphatic rings. The molecule has 0 aliphatic heterocycles. The summed E-state index contributed by atoms with van der Waals surface area (Å²) in [5.74, 6) is 2.87. The Morgan fingerprint density at radius 2 is 1.92 bits per heavy atom. The van der Waals surface area contributed by atoms with Crippen LogP contribution in [0.1, 0.15) is 11.5 Å². The van der Waals surface area contributed by atoms with Crippen molar-refractivity contribution < 1.29 is 28.4 Å². The molecule has 0 aliphatic carbocycles. The highest BCUT2D eigenvalue weighted by molar-refractivity contribution is 7.99. The average Bonchev–Trinajstić information content (AvgIpc) is 1.99. The van der Waals surface area contributed by atoms with Crippen LogP contribution in [0.5, 0.6) is 0 Å². The number of thioether (sulfide) groups is 1. The van der Waals surface area contributed by atoms with Crippen molar-refractivity contribution in [3.63, 3.8) is 0 Å². The molecule has 1 aromatic rings. The van der Waals surface area contributed by atoms with Gasteiger partial charge in [0.15, 0.2) is 0 Å². The molecule has 0 saturated carbocycles. The van der Waals surface area contributed by atoms with Gasteiger partial charge in [0.2, 0.25) is 0 Å². The maximum atomic E-state index is 5.36. The van der Waals surface area contributed by atoms with E-state index < -0.39 is 0 Å². The predicted octanol–water partition coefficient (Wildman–Crippen LogP) is 0.460. The second-order valence-electron chi connectivity index (χ2n) is 2.61. The highest BCUT2D eigenvalue weighted by atomic mass is 127. The number of hydrogen-bond acceptors (Lipinski definition) is 1. The molecule has 72 valence electrons. The maximum Gasteiger partial charge on any atom is 0.327 e. The third-order valence-electron chi connectivity index (χ3n) is 1.38. The lowest BCUT2D eigenvalue weighted by Gasteiger charge is -1.94. The van der Waals surface area contributed by atoms with Gasteiger partial charge in [-0.15, -0.1) is 18.3 Å². The van der Waals surface area contributed by atoms with Crippen molar-refractivity contribution >= 4 is 11.8 Å². The Balaban J connectivity index is 0.00000144. The van der Waals surface area contributed by atoms with Crippen LogP contribution in [0.4, 0.5) is 0 Å². The van der Waals surface area contributed by atoms with Crippen molar-refractivity contribution in [3.05, 3.63) is 36.3 Å². The van der Waals surface area contributed by atoms with Gasteiger partial charge in [-0.1, -0.05) is 6.08 Å². The van der Waals surface area contributed by atoms with Crippen LogP contribution in [0.15, 0.2) is 34.1 Å². The van der Waals surface area contributed by atoms with Crippen molar-refractivity contribution in [1.29, 1.82) is 0 Å². The number of halogens is 1. The standard InChI is InChI=1S/C10H13OS.HI/c1-4-5-12-10-6-8(2)11-9(3)7-10;/h4,6-7H,1,5H2,2-3H3;1H/q+1;/p-1. The van der Waals surface area contributed by atoms with E-state index in [1.807, 2.05) is 32.1 Å². The van der Waals surface area contributed by atoms with Crippen molar-refractivity contribution in [3.8, 4) is 0 Å².